The monoisotopic (exact) mass is 516 g/mol. The van der Waals surface area contributed by atoms with Crippen LogP contribution in [0.4, 0.5) is 0 Å². The molecule has 0 saturated carbocycles. The van der Waals surface area contributed by atoms with Gasteiger partial charge in [0, 0.05) is 32.7 Å². The van der Waals surface area contributed by atoms with E-state index in [2.05, 4.69) is 26.5 Å². The standard InChI is InChI=1S/C9H18O3SSi2.CHO.2CH3.Pt/c1-7-13(4)10-14(5,8-2)12-15(6,9-3)11-13;1-2;;;/h7-9H,1-3H2,4-6H3;1H;2*1H3;/q;3*-1;/t14-,15-;;;;/m1..../s1. The van der Waals surface area contributed by atoms with Crippen molar-refractivity contribution in [3.8, 4) is 0 Å². The van der Waals surface area contributed by atoms with Gasteiger partial charge >= 0.3 is 17.1 Å². The van der Waals surface area contributed by atoms with Gasteiger partial charge in [0.05, 0.1) is 0 Å². The van der Waals surface area contributed by atoms with E-state index >= 15 is 0 Å². The molecule has 2 atom stereocenters. The molecule has 1 saturated heterocycles. The summed E-state index contributed by atoms with van der Waals surface area (Å²) in [7, 11) is -6.35. The molecule has 1 heterocycles. The fourth-order valence-corrected chi connectivity index (χ4v) is 12.9. The summed E-state index contributed by atoms with van der Waals surface area (Å²) in [5, 5.41) is 1.74. The molecule has 20 heavy (non-hydrogen) atoms. The van der Waals surface area contributed by atoms with Crippen LogP contribution < -0.4 is 0 Å². The van der Waals surface area contributed by atoms with Gasteiger partial charge in [-0.15, -0.1) is 13.2 Å². The van der Waals surface area contributed by atoms with E-state index < -0.39 is 27.7 Å². The van der Waals surface area contributed by atoms with Crippen LogP contribution >= 0.6 is 10.6 Å². The molecule has 1 aliphatic heterocycles. The predicted molar refractivity (Wildman–Crippen MR) is 90.2 cm³/mol. The Morgan fingerprint density at radius 3 is 1.50 bits per heavy atom. The smallest absolute Gasteiger partial charge is 0.376 e. The molecule has 0 N–H and O–H groups in total. The zero-order valence-electron chi connectivity index (χ0n) is 12.8. The van der Waals surface area contributed by atoms with Crippen molar-refractivity contribution in [1.29, 1.82) is 0 Å². The van der Waals surface area contributed by atoms with Crippen LogP contribution in [0.5, 0.6) is 0 Å². The van der Waals surface area contributed by atoms with Crippen molar-refractivity contribution in [2.45, 2.75) is 13.1 Å². The minimum absolute atomic E-state index is 0. The molecule has 8 heteroatoms. The van der Waals surface area contributed by atoms with E-state index in [9.17, 15) is 0 Å². The Morgan fingerprint density at radius 1 is 1.00 bits per heavy atom. The van der Waals surface area contributed by atoms with Gasteiger partial charge in [-0.2, -0.15) is 10.6 Å². The normalized spacial score (nSPS) is 37.8. The second kappa shape index (κ2) is 10.9. The summed E-state index contributed by atoms with van der Waals surface area (Å²) in [6.45, 7) is 18.5. The first-order valence-corrected chi connectivity index (χ1v) is 11.6. The second-order valence-corrected chi connectivity index (χ2v) is 12.7. The predicted octanol–water partition coefficient (Wildman–Crippen LogP) is 3.68. The Bertz CT molecular complexity index is 275. The van der Waals surface area contributed by atoms with E-state index in [1.165, 1.54) is 0 Å². The second-order valence-electron chi connectivity index (χ2n) is 3.71. The SMILES string of the molecule is C=C[Si@@]1(C)O[Si@](C)(C=C)OS(C)(C=C)O1.[CH-]=O.[CH3-].[CH3-].[Pt]. The summed E-state index contributed by atoms with van der Waals surface area (Å²) in [6.07, 6.45) is 1.92. The van der Waals surface area contributed by atoms with Crippen LogP contribution in [0.2, 0.25) is 13.1 Å². The van der Waals surface area contributed by atoms with Gasteiger partial charge in [0.1, 0.15) is 0 Å². The number of hydrogen-bond donors (Lipinski definition) is 0. The molecule has 0 amide bonds. The van der Waals surface area contributed by atoms with E-state index in [4.69, 9.17) is 16.7 Å². The molecular weight excluding hydrogens is 491 g/mol. The van der Waals surface area contributed by atoms with E-state index in [1.54, 1.807) is 16.8 Å². The van der Waals surface area contributed by atoms with Crippen molar-refractivity contribution in [3.05, 3.63) is 51.4 Å². The molecule has 0 aromatic carbocycles. The van der Waals surface area contributed by atoms with E-state index in [0.29, 0.717) is 0 Å². The summed E-state index contributed by atoms with van der Waals surface area (Å²) < 4.78 is 17.7. The van der Waals surface area contributed by atoms with Gasteiger partial charge < -0.3 is 23.8 Å². The third-order valence-corrected chi connectivity index (χ3v) is 12.7. The Labute approximate surface area is 142 Å². The van der Waals surface area contributed by atoms with Gasteiger partial charge in [0.2, 0.25) is 0 Å². The van der Waals surface area contributed by atoms with Gasteiger partial charge in [-0.25, -0.2) is 0 Å². The Kier molecular flexibility index (Phi) is 15.5. The topological polar surface area (TPSA) is 44.8 Å². The third kappa shape index (κ3) is 7.31. The van der Waals surface area contributed by atoms with Gasteiger partial charge in [0.25, 0.3) is 0 Å². The minimum Gasteiger partial charge on any atom is -0.545 e. The first-order valence-electron chi connectivity index (χ1n) is 4.83. The van der Waals surface area contributed by atoms with E-state index in [-0.39, 0.29) is 35.9 Å². The molecule has 4 nitrogen and oxygen atoms in total. The van der Waals surface area contributed by atoms with Crippen molar-refractivity contribution in [1.82, 2.24) is 0 Å². The summed E-state index contributed by atoms with van der Waals surface area (Å²) in [4.78, 5) is 7.75. The van der Waals surface area contributed by atoms with Crippen LogP contribution in [0, 0.1) is 14.9 Å². The van der Waals surface area contributed by atoms with Gasteiger partial charge in [-0.1, -0.05) is 6.58 Å². The van der Waals surface area contributed by atoms with E-state index in [0.717, 1.165) is 0 Å². The van der Waals surface area contributed by atoms with Crippen molar-refractivity contribution < 1.29 is 37.7 Å². The van der Waals surface area contributed by atoms with Crippen molar-refractivity contribution in [3.63, 3.8) is 0 Å². The molecule has 0 aliphatic carbocycles. The van der Waals surface area contributed by atoms with Crippen molar-refractivity contribution in [2.75, 3.05) is 6.26 Å². The molecule has 0 aromatic rings. The first kappa shape index (κ1) is 28.4. The molecule has 124 valence electrons. The molecule has 0 bridgehead atoms. The number of carbonyl (C=O) groups excluding carboxylic acids is 1. The summed E-state index contributed by atoms with van der Waals surface area (Å²) in [6, 6.07) is 0. The van der Waals surface area contributed by atoms with Crippen molar-refractivity contribution in [2.24, 2.45) is 0 Å². The van der Waals surface area contributed by atoms with Crippen LogP contribution in [-0.4, -0.2) is 30.2 Å². The van der Waals surface area contributed by atoms with Crippen LogP contribution in [0.25, 0.3) is 0 Å². The fourth-order valence-electron chi connectivity index (χ4n) is 1.33. The molecule has 0 aromatic heterocycles. The zero-order valence-corrected chi connectivity index (χ0v) is 17.9. The fraction of sp³-hybridized carbons (Fsp3) is 0.250. The number of hydrogen-bond acceptors (Lipinski definition) is 4. The quantitative estimate of drug-likeness (QED) is 0.326. The molecule has 0 spiro atoms. The third-order valence-electron chi connectivity index (χ3n) is 2.11. The number of rotatable bonds is 3. The zero-order chi connectivity index (χ0) is 13.7. The Balaban J connectivity index is -0.000000244. The molecule has 0 unspecified atom stereocenters. The summed E-state index contributed by atoms with van der Waals surface area (Å²) in [5.41, 5.74) is 3.55. The van der Waals surface area contributed by atoms with Crippen LogP contribution in [0.1, 0.15) is 0 Å². The first-order chi connectivity index (χ1) is 7.80. The van der Waals surface area contributed by atoms with Crippen LogP contribution in [-0.2, 0) is 37.7 Å². The Morgan fingerprint density at radius 2 is 1.30 bits per heavy atom. The summed E-state index contributed by atoms with van der Waals surface area (Å²) >= 11 is 0. The maximum Gasteiger partial charge on any atom is 0.376 e. The van der Waals surface area contributed by atoms with Gasteiger partial charge in [0.15, 0.2) is 0 Å². The van der Waals surface area contributed by atoms with Crippen molar-refractivity contribution >= 4 is 34.5 Å². The minimum atomic E-state index is -2.33. The van der Waals surface area contributed by atoms with Crippen LogP contribution in [0.3, 0.4) is 0 Å². The molecule has 1 fully saturated rings. The molecular formula is C12H25O4PtSSi2-3. The van der Waals surface area contributed by atoms with Crippen LogP contribution in [0.15, 0.2) is 36.5 Å². The molecule has 0 radical (unpaired) electrons. The average Bonchev–Trinajstić information content (AvgIpc) is 2.30. The van der Waals surface area contributed by atoms with Gasteiger partial charge in [-0.05, 0) is 24.5 Å². The maximum absolute atomic E-state index is 7.75. The average molecular weight is 517 g/mol. The maximum atomic E-state index is 7.75. The largest absolute Gasteiger partial charge is 0.545 e. The Hall–Kier alpha value is 0.242. The van der Waals surface area contributed by atoms with Gasteiger partial charge in [-0.3, -0.25) is 14.5 Å². The van der Waals surface area contributed by atoms with E-state index in [1.807, 2.05) is 19.3 Å². The summed E-state index contributed by atoms with van der Waals surface area (Å²) in [5.74, 6) is 0. The molecule has 1 aliphatic rings. The molecule has 1 rings (SSSR count).